The molecule has 0 radical (unpaired) electrons. The number of nitrogens with zero attached hydrogens (tertiary/aromatic N) is 6. The molecule has 6 nitrogen and oxygen atoms in total. The number of hydrogen-bond acceptors (Lipinski definition) is 4. The summed E-state index contributed by atoms with van der Waals surface area (Å²) in [5.41, 5.74) is 12.6. The van der Waals surface area contributed by atoms with Crippen molar-refractivity contribution in [1.29, 1.82) is 15.8 Å². The van der Waals surface area contributed by atoms with Gasteiger partial charge in [0.15, 0.2) is 0 Å². The fourth-order valence-electron chi connectivity index (χ4n) is 9.17. The van der Waals surface area contributed by atoms with E-state index in [1.165, 1.54) is 10.8 Å². The highest BCUT2D eigenvalue weighted by atomic mass is 15.0. The summed E-state index contributed by atoms with van der Waals surface area (Å²) in [6, 6.07) is 72.4. The van der Waals surface area contributed by atoms with Crippen LogP contribution in [0, 0.1) is 34.0 Å². The maximum atomic E-state index is 10.8. The molecule has 0 aliphatic carbocycles. The third-order valence-electron chi connectivity index (χ3n) is 11.8. The first-order valence-electron chi connectivity index (χ1n) is 20.3. The van der Waals surface area contributed by atoms with E-state index < -0.39 is 0 Å². The Bertz CT molecular complexity index is 3690. The molecule has 11 aromatic rings. The molecule has 3 heterocycles. The summed E-state index contributed by atoms with van der Waals surface area (Å²) in [4.78, 5) is 5.04. The molecule has 11 rings (SSSR count). The lowest BCUT2D eigenvalue weighted by Gasteiger charge is -2.16. The summed E-state index contributed by atoms with van der Waals surface area (Å²) in [6.07, 6.45) is 0. The molecule has 3 aromatic heterocycles. The van der Waals surface area contributed by atoms with Gasteiger partial charge in [-0.3, -0.25) is 0 Å². The van der Waals surface area contributed by atoms with E-state index in [0.717, 1.165) is 66.5 Å². The standard InChI is InChI=1S/C56H32N6/c57-33-40-31-39(55-48(35-59)52(36-15-5-1-6-16-36)47(34-58)54(60-55)37-17-7-2-8-18-37)26-27-43(40)38-25-28-46-51(32-38)61(41-19-9-3-10-20-41)50-30-29-45-44-23-13-14-24-49(44)62(56(45)53(46)50)42-21-11-4-12-22-42/h1-32H. The minimum atomic E-state index is 0.275. The van der Waals surface area contributed by atoms with Crippen molar-refractivity contribution >= 4 is 43.6 Å². The summed E-state index contributed by atoms with van der Waals surface area (Å²) in [6.45, 7) is 0. The minimum Gasteiger partial charge on any atom is -0.309 e. The van der Waals surface area contributed by atoms with Gasteiger partial charge in [0.1, 0.15) is 12.1 Å². The Morgan fingerprint density at radius 3 is 1.61 bits per heavy atom. The van der Waals surface area contributed by atoms with Gasteiger partial charge in [-0.15, -0.1) is 0 Å². The number of hydrogen-bond donors (Lipinski definition) is 0. The first-order valence-corrected chi connectivity index (χ1v) is 20.3. The maximum absolute atomic E-state index is 10.8. The fraction of sp³-hybridized carbons (Fsp3) is 0. The van der Waals surface area contributed by atoms with Gasteiger partial charge in [-0.25, -0.2) is 4.98 Å². The molecule has 0 bridgehead atoms. The number of benzene rings is 8. The van der Waals surface area contributed by atoms with Gasteiger partial charge in [-0.2, -0.15) is 15.8 Å². The molecule has 0 unspecified atom stereocenters. The van der Waals surface area contributed by atoms with E-state index in [2.05, 4.69) is 130 Å². The average molecular weight is 789 g/mol. The number of nitriles is 3. The third kappa shape index (κ3) is 5.59. The van der Waals surface area contributed by atoms with Crippen LogP contribution in [0.3, 0.4) is 0 Å². The van der Waals surface area contributed by atoms with Gasteiger partial charge < -0.3 is 9.13 Å². The SMILES string of the molecule is N#Cc1cc(-c2nc(-c3ccccc3)c(C#N)c(-c3ccccc3)c2C#N)ccc1-c1ccc2c3c(ccc4c5ccccc5n(-c5ccccc5)c43)n(-c3ccccc3)c2c1. The van der Waals surface area contributed by atoms with Crippen molar-refractivity contribution in [2.45, 2.75) is 0 Å². The lowest BCUT2D eigenvalue weighted by molar-refractivity contribution is 1.17. The van der Waals surface area contributed by atoms with Gasteiger partial charge in [0.05, 0.1) is 56.2 Å². The second-order valence-electron chi connectivity index (χ2n) is 15.2. The predicted octanol–water partition coefficient (Wildman–Crippen LogP) is 13.6. The summed E-state index contributed by atoms with van der Waals surface area (Å²) in [7, 11) is 0. The van der Waals surface area contributed by atoms with Gasteiger partial charge in [0.2, 0.25) is 0 Å². The molecule has 0 N–H and O–H groups in total. The molecule has 0 aliphatic rings. The van der Waals surface area contributed by atoms with Crippen LogP contribution in [-0.4, -0.2) is 14.1 Å². The van der Waals surface area contributed by atoms with Crippen LogP contribution in [0.4, 0.5) is 0 Å². The lowest BCUT2D eigenvalue weighted by atomic mass is 9.88. The number of para-hydroxylation sites is 3. The van der Waals surface area contributed by atoms with Crippen molar-refractivity contribution < 1.29 is 0 Å². The second kappa shape index (κ2) is 14.7. The highest BCUT2D eigenvalue weighted by Gasteiger charge is 2.25. The number of rotatable bonds is 6. The van der Waals surface area contributed by atoms with E-state index in [4.69, 9.17) is 4.98 Å². The normalized spacial score (nSPS) is 11.2. The van der Waals surface area contributed by atoms with Crippen molar-refractivity contribution in [1.82, 2.24) is 14.1 Å². The molecule has 0 spiro atoms. The van der Waals surface area contributed by atoms with Crippen LogP contribution in [-0.2, 0) is 0 Å². The van der Waals surface area contributed by atoms with Crippen molar-refractivity contribution in [2.24, 2.45) is 0 Å². The van der Waals surface area contributed by atoms with E-state index >= 15 is 0 Å². The molecule has 0 fully saturated rings. The fourth-order valence-corrected chi connectivity index (χ4v) is 9.17. The molecule has 286 valence electrons. The van der Waals surface area contributed by atoms with Crippen LogP contribution in [0.25, 0.3) is 99.8 Å². The van der Waals surface area contributed by atoms with Gasteiger partial charge >= 0.3 is 0 Å². The Morgan fingerprint density at radius 2 is 0.952 bits per heavy atom. The zero-order valence-corrected chi connectivity index (χ0v) is 33.2. The molecule has 0 atom stereocenters. The lowest BCUT2D eigenvalue weighted by Crippen LogP contribution is -2.02. The third-order valence-corrected chi connectivity index (χ3v) is 11.8. The maximum Gasteiger partial charge on any atom is 0.102 e. The Labute approximate surface area is 357 Å². The first kappa shape index (κ1) is 36.1. The number of aromatic nitrogens is 3. The van der Waals surface area contributed by atoms with Gasteiger partial charge in [-0.1, -0.05) is 146 Å². The molecule has 62 heavy (non-hydrogen) atoms. The first-order chi connectivity index (χ1) is 30.7. The second-order valence-corrected chi connectivity index (χ2v) is 15.2. The molecule has 0 saturated carbocycles. The summed E-state index contributed by atoms with van der Waals surface area (Å²) >= 11 is 0. The minimum absolute atomic E-state index is 0.275. The predicted molar refractivity (Wildman–Crippen MR) is 249 cm³/mol. The van der Waals surface area contributed by atoms with E-state index in [9.17, 15) is 15.8 Å². The van der Waals surface area contributed by atoms with Crippen LogP contribution in [0.2, 0.25) is 0 Å². The molecule has 8 aromatic carbocycles. The van der Waals surface area contributed by atoms with Crippen molar-refractivity contribution in [2.75, 3.05) is 0 Å². The van der Waals surface area contributed by atoms with Crippen LogP contribution in [0.1, 0.15) is 16.7 Å². The highest BCUT2D eigenvalue weighted by Crippen LogP contribution is 2.44. The zero-order valence-electron chi connectivity index (χ0n) is 33.2. The number of fused-ring (bicyclic) bond motifs is 7. The quantitative estimate of drug-likeness (QED) is 0.168. The zero-order chi connectivity index (χ0) is 41.7. The number of pyridine rings is 1. The molecule has 0 amide bonds. The Kier molecular flexibility index (Phi) is 8.54. The van der Waals surface area contributed by atoms with Crippen molar-refractivity contribution in [3.8, 4) is 74.4 Å². The summed E-state index contributed by atoms with van der Waals surface area (Å²) < 4.78 is 4.69. The van der Waals surface area contributed by atoms with Crippen LogP contribution < -0.4 is 0 Å². The topological polar surface area (TPSA) is 94.1 Å². The molecule has 6 heteroatoms. The molecular weight excluding hydrogens is 757 g/mol. The monoisotopic (exact) mass is 788 g/mol. The van der Waals surface area contributed by atoms with Crippen LogP contribution in [0.15, 0.2) is 194 Å². The van der Waals surface area contributed by atoms with Crippen LogP contribution in [0.5, 0.6) is 0 Å². The molecular formula is C56H32N6. The smallest absolute Gasteiger partial charge is 0.102 e. The largest absolute Gasteiger partial charge is 0.309 e. The van der Waals surface area contributed by atoms with E-state index in [0.29, 0.717) is 33.6 Å². The Balaban J connectivity index is 1.15. The molecule has 0 aliphatic heterocycles. The highest BCUT2D eigenvalue weighted by molar-refractivity contribution is 6.26. The van der Waals surface area contributed by atoms with Gasteiger partial charge in [-0.05, 0) is 65.2 Å². The summed E-state index contributed by atoms with van der Waals surface area (Å²) in [5, 5.41) is 36.8. The molecule has 0 saturated heterocycles. The van der Waals surface area contributed by atoms with E-state index in [1.54, 1.807) is 0 Å². The van der Waals surface area contributed by atoms with Crippen LogP contribution >= 0.6 is 0 Å². The average Bonchev–Trinajstić information content (AvgIpc) is 3.86. The van der Waals surface area contributed by atoms with Crippen molar-refractivity contribution in [3.63, 3.8) is 0 Å². The van der Waals surface area contributed by atoms with E-state index in [1.807, 2.05) is 91.0 Å². The Hall–Kier alpha value is -9.02. The van der Waals surface area contributed by atoms with E-state index in [-0.39, 0.29) is 5.56 Å². The van der Waals surface area contributed by atoms with Crippen molar-refractivity contribution in [3.05, 3.63) is 211 Å². The van der Waals surface area contributed by atoms with Gasteiger partial charge in [0.25, 0.3) is 0 Å². The Morgan fingerprint density at radius 1 is 0.387 bits per heavy atom. The van der Waals surface area contributed by atoms with Gasteiger partial charge in [0, 0.05) is 49.6 Å². The summed E-state index contributed by atoms with van der Waals surface area (Å²) in [5.74, 6) is 0.